The Bertz CT molecular complexity index is 439. The fraction of sp³-hybridized carbons (Fsp3) is 0.300. The molecule has 74 valence electrons. The van der Waals surface area contributed by atoms with Crippen molar-refractivity contribution in [2.24, 2.45) is 0 Å². The van der Waals surface area contributed by atoms with Gasteiger partial charge in [-0.25, -0.2) is 9.37 Å². The van der Waals surface area contributed by atoms with Gasteiger partial charge in [0.05, 0.1) is 11.0 Å². The lowest BCUT2D eigenvalue weighted by Gasteiger charge is -1.90. The van der Waals surface area contributed by atoms with Gasteiger partial charge in [0.1, 0.15) is 11.6 Å². The molecule has 0 atom stereocenters. The van der Waals surface area contributed by atoms with Crippen molar-refractivity contribution in [3.05, 3.63) is 29.8 Å². The number of aromatic nitrogens is 2. The number of aliphatic hydroxyl groups excluding tert-OH is 1. The van der Waals surface area contributed by atoms with Crippen molar-refractivity contribution in [1.82, 2.24) is 9.97 Å². The van der Waals surface area contributed by atoms with Crippen LogP contribution in [0.3, 0.4) is 0 Å². The van der Waals surface area contributed by atoms with Gasteiger partial charge in [0.2, 0.25) is 0 Å². The van der Waals surface area contributed by atoms with Gasteiger partial charge in [-0.15, -0.1) is 0 Å². The maximum atomic E-state index is 12.8. The molecular weight excluding hydrogens is 183 g/mol. The van der Waals surface area contributed by atoms with Gasteiger partial charge in [-0.05, 0) is 24.6 Å². The van der Waals surface area contributed by atoms with E-state index in [1.54, 1.807) is 6.07 Å². The highest BCUT2D eigenvalue weighted by molar-refractivity contribution is 5.74. The standard InChI is InChI=1S/C10H11FN2O/c11-7-3-4-8-9(6-7)13-10(12-8)2-1-5-14/h3-4,6,14H,1-2,5H2,(H,12,13). The van der Waals surface area contributed by atoms with Gasteiger partial charge >= 0.3 is 0 Å². The molecule has 4 heteroatoms. The van der Waals surface area contributed by atoms with Gasteiger partial charge in [0, 0.05) is 13.0 Å². The smallest absolute Gasteiger partial charge is 0.125 e. The summed E-state index contributed by atoms with van der Waals surface area (Å²) in [4.78, 5) is 7.27. The molecule has 0 bridgehead atoms. The second-order valence-electron chi connectivity index (χ2n) is 3.17. The zero-order valence-corrected chi connectivity index (χ0v) is 7.63. The molecule has 0 saturated carbocycles. The van der Waals surface area contributed by atoms with Crippen molar-refractivity contribution in [3.8, 4) is 0 Å². The Labute approximate surface area is 80.6 Å². The Hall–Kier alpha value is -1.42. The van der Waals surface area contributed by atoms with Crippen LogP contribution in [0.4, 0.5) is 4.39 Å². The molecule has 2 rings (SSSR count). The third kappa shape index (κ3) is 1.75. The number of hydrogen-bond donors (Lipinski definition) is 2. The summed E-state index contributed by atoms with van der Waals surface area (Å²) in [5.74, 6) is 0.523. The Morgan fingerprint density at radius 1 is 1.43 bits per heavy atom. The molecule has 0 aliphatic carbocycles. The van der Waals surface area contributed by atoms with Crippen molar-refractivity contribution >= 4 is 11.0 Å². The number of aromatic amines is 1. The van der Waals surface area contributed by atoms with Crippen LogP contribution in [0.25, 0.3) is 11.0 Å². The van der Waals surface area contributed by atoms with Crippen LogP contribution in [0.1, 0.15) is 12.2 Å². The lowest BCUT2D eigenvalue weighted by Crippen LogP contribution is -1.90. The minimum atomic E-state index is -0.269. The summed E-state index contributed by atoms with van der Waals surface area (Å²) in [5, 5.41) is 8.64. The Kier molecular flexibility index (Phi) is 2.45. The molecule has 0 aliphatic rings. The molecule has 0 saturated heterocycles. The van der Waals surface area contributed by atoms with Gasteiger partial charge in [-0.2, -0.15) is 0 Å². The SMILES string of the molecule is OCCCc1nc2ccc(F)cc2[nH]1. The van der Waals surface area contributed by atoms with Gasteiger partial charge in [-0.1, -0.05) is 0 Å². The topological polar surface area (TPSA) is 48.9 Å². The molecular formula is C10H11FN2O. The van der Waals surface area contributed by atoms with Crippen LogP contribution < -0.4 is 0 Å². The molecule has 0 radical (unpaired) electrons. The van der Waals surface area contributed by atoms with E-state index in [2.05, 4.69) is 9.97 Å². The van der Waals surface area contributed by atoms with E-state index >= 15 is 0 Å². The molecule has 0 spiro atoms. The number of aliphatic hydroxyl groups is 1. The molecule has 2 aromatic rings. The molecule has 2 N–H and O–H groups in total. The highest BCUT2D eigenvalue weighted by Crippen LogP contribution is 2.13. The maximum absolute atomic E-state index is 12.8. The number of fused-ring (bicyclic) bond motifs is 1. The first-order valence-electron chi connectivity index (χ1n) is 4.54. The maximum Gasteiger partial charge on any atom is 0.125 e. The number of halogens is 1. The summed E-state index contributed by atoms with van der Waals surface area (Å²) in [6.45, 7) is 0.144. The second-order valence-corrected chi connectivity index (χ2v) is 3.17. The van der Waals surface area contributed by atoms with Crippen LogP contribution in [0.2, 0.25) is 0 Å². The number of nitrogens with zero attached hydrogens (tertiary/aromatic N) is 1. The zero-order valence-electron chi connectivity index (χ0n) is 7.63. The second kappa shape index (κ2) is 3.75. The Balaban J connectivity index is 2.32. The van der Waals surface area contributed by atoms with Crippen LogP contribution in [-0.2, 0) is 6.42 Å². The quantitative estimate of drug-likeness (QED) is 0.780. The minimum absolute atomic E-state index is 0.144. The predicted molar refractivity (Wildman–Crippen MR) is 51.5 cm³/mol. The third-order valence-corrected chi connectivity index (χ3v) is 2.06. The molecule has 0 aliphatic heterocycles. The summed E-state index contributed by atoms with van der Waals surface area (Å²) in [6, 6.07) is 4.45. The average Bonchev–Trinajstić information content (AvgIpc) is 2.56. The fourth-order valence-corrected chi connectivity index (χ4v) is 1.40. The normalized spacial score (nSPS) is 11.0. The van der Waals surface area contributed by atoms with E-state index in [0.29, 0.717) is 18.4 Å². The number of benzene rings is 1. The van der Waals surface area contributed by atoms with Gasteiger partial charge in [-0.3, -0.25) is 0 Å². The van der Waals surface area contributed by atoms with Crippen LogP contribution in [0.15, 0.2) is 18.2 Å². The van der Waals surface area contributed by atoms with Gasteiger partial charge in [0.25, 0.3) is 0 Å². The highest BCUT2D eigenvalue weighted by atomic mass is 19.1. The number of H-pyrrole nitrogens is 1. The molecule has 1 aromatic heterocycles. The van der Waals surface area contributed by atoms with Crippen molar-refractivity contribution in [2.45, 2.75) is 12.8 Å². The Morgan fingerprint density at radius 2 is 2.29 bits per heavy atom. The molecule has 14 heavy (non-hydrogen) atoms. The van der Waals surface area contributed by atoms with E-state index in [4.69, 9.17) is 5.11 Å². The van der Waals surface area contributed by atoms with E-state index in [1.807, 2.05) is 0 Å². The van der Waals surface area contributed by atoms with Crippen molar-refractivity contribution in [3.63, 3.8) is 0 Å². The van der Waals surface area contributed by atoms with Crippen LogP contribution >= 0.6 is 0 Å². The van der Waals surface area contributed by atoms with Gasteiger partial charge < -0.3 is 10.1 Å². The number of nitrogens with one attached hydrogen (secondary N) is 1. The Morgan fingerprint density at radius 3 is 3.07 bits per heavy atom. The monoisotopic (exact) mass is 194 g/mol. The molecule has 0 amide bonds. The molecule has 1 heterocycles. The van der Waals surface area contributed by atoms with Crippen LogP contribution in [0, 0.1) is 5.82 Å². The molecule has 0 fully saturated rings. The summed E-state index contributed by atoms with van der Waals surface area (Å²) in [6.07, 6.45) is 1.36. The van der Waals surface area contributed by atoms with Crippen molar-refractivity contribution in [1.29, 1.82) is 0 Å². The van der Waals surface area contributed by atoms with E-state index in [-0.39, 0.29) is 12.4 Å². The van der Waals surface area contributed by atoms with E-state index in [1.165, 1.54) is 12.1 Å². The number of rotatable bonds is 3. The molecule has 3 nitrogen and oxygen atoms in total. The first-order chi connectivity index (χ1) is 6.79. The van der Waals surface area contributed by atoms with Crippen molar-refractivity contribution < 1.29 is 9.50 Å². The third-order valence-electron chi connectivity index (χ3n) is 2.06. The highest BCUT2D eigenvalue weighted by Gasteiger charge is 2.02. The predicted octanol–water partition coefficient (Wildman–Crippen LogP) is 1.63. The fourth-order valence-electron chi connectivity index (χ4n) is 1.40. The first kappa shape index (κ1) is 9.15. The lowest BCUT2D eigenvalue weighted by molar-refractivity contribution is 0.287. The number of imidazole rings is 1. The zero-order chi connectivity index (χ0) is 9.97. The minimum Gasteiger partial charge on any atom is -0.396 e. The van der Waals surface area contributed by atoms with Crippen LogP contribution in [0.5, 0.6) is 0 Å². The summed E-state index contributed by atoms with van der Waals surface area (Å²) < 4.78 is 12.8. The summed E-state index contributed by atoms with van der Waals surface area (Å²) >= 11 is 0. The average molecular weight is 194 g/mol. The molecule has 0 unspecified atom stereocenters. The van der Waals surface area contributed by atoms with Crippen LogP contribution in [-0.4, -0.2) is 21.7 Å². The van der Waals surface area contributed by atoms with E-state index in [0.717, 1.165) is 11.3 Å². The lowest BCUT2D eigenvalue weighted by atomic mass is 10.3. The van der Waals surface area contributed by atoms with E-state index in [9.17, 15) is 4.39 Å². The molecule has 1 aromatic carbocycles. The summed E-state index contributed by atoms with van der Waals surface area (Å²) in [7, 11) is 0. The van der Waals surface area contributed by atoms with E-state index < -0.39 is 0 Å². The number of hydrogen-bond acceptors (Lipinski definition) is 2. The van der Waals surface area contributed by atoms with Gasteiger partial charge in [0.15, 0.2) is 0 Å². The summed E-state index contributed by atoms with van der Waals surface area (Å²) in [5.41, 5.74) is 1.47. The first-order valence-corrected chi connectivity index (χ1v) is 4.54. The van der Waals surface area contributed by atoms with Crippen molar-refractivity contribution in [2.75, 3.05) is 6.61 Å². The number of aryl methyl sites for hydroxylation is 1. The largest absolute Gasteiger partial charge is 0.396 e.